The van der Waals surface area contributed by atoms with E-state index in [-0.39, 0.29) is 11.9 Å². The van der Waals surface area contributed by atoms with Crippen molar-refractivity contribution in [2.24, 2.45) is 0 Å². The maximum atomic E-state index is 9.60. The monoisotopic (exact) mass is 409 g/mol. The van der Waals surface area contributed by atoms with E-state index in [1.807, 2.05) is 42.5 Å². The van der Waals surface area contributed by atoms with Crippen LogP contribution in [0.4, 0.5) is 0 Å². The number of ether oxygens (including phenoxy) is 2. The Bertz CT molecular complexity index is 859. The second-order valence-corrected chi connectivity index (χ2v) is 6.83. The van der Waals surface area contributed by atoms with Crippen LogP contribution >= 0.6 is 0 Å². The highest BCUT2D eigenvalue weighted by Gasteiger charge is 2.10. The normalized spacial score (nSPS) is 11.2. The molecule has 0 saturated heterocycles. The summed E-state index contributed by atoms with van der Waals surface area (Å²) in [7, 11) is 1.57. The van der Waals surface area contributed by atoms with E-state index in [1.165, 1.54) is 19.3 Å². The van der Waals surface area contributed by atoms with Crippen LogP contribution in [-0.4, -0.2) is 33.7 Å². The van der Waals surface area contributed by atoms with Gasteiger partial charge in [0.05, 0.1) is 25.0 Å². The first-order chi connectivity index (χ1) is 14.7. The molecule has 160 valence electrons. The zero-order valence-corrected chi connectivity index (χ0v) is 18.0. The maximum absolute atomic E-state index is 9.60. The van der Waals surface area contributed by atoms with Gasteiger partial charge in [0.25, 0.3) is 0 Å². The third-order valence-electron chi connectivity index (χ3n) is 4.63. The van der Waals surface area contributed by atoms with Crippen molar-refractivity contribution < 1.29 is 14.6 Å². The van der Waals surface area contributed by atoms with Gasteiger partial charge in [-0.2, -0.15) is 0 Å². The molecule has 30 heavy (non-hydrogen) atoms. The Balaban J connectivity index is 0.000000215. The minimum absolute atomic E-state index is 0.222. The minimum Gasteiger partial charge on any atom is -0.504 e. The highest BCUT2D eigenvalue weighted by atomic mass is 16.5. The zero-order valence-electron chi connectivity index (χ0n) is 18.0. The number of para-hydroxylation sites is 2. The predicted molar refractivity (Wildman–Crippen MR) is 119 cm³/mol. The fourth-order valence-corrected chi connectivity index (χ4v) is 2.93. The minimum atomic E-state index is 0.222. The number of methoxy groups -OCH3 is 1. The summed E-state index contributed by atoms with van der Waals surface area (Å²) in [6.45, 7) is 4.32. The molecule has 3 aromatic rings. The van der Waals surface area contributed by atoms with E-state index >= 15 is 0 Å². The van der Waals surface area contributed by atoms with Crippen molar-refractivity contribution in [2.45, 2.75) is 52.1 Å². The van der Waals surface area contributed by atoms with Crippen molar-refractivity contribution in [1.82, 2.24) is 15.4 Å². The number of aromatic hydroxyl groups is 1. The van der Waals surface area contributed by atoms with E-state index in [0.29, 0.717) is 11.6 Å². The molecule has 2 aromatic carbocycles. The molecule has 1 aromatic heterocycles. The SMILES string of the molecule is CCCCCC(CC)Oc1ccccc1O.COc1nnncc1-c1ccccc1. The van der Waals surface area contributed by atoms with Crippen LogP contribution in [0.25, 0.3) is 11.1 Å². The van der Waals surface area contributed by atoms with Gasteiger partial charge in [0, 0.05) is 0 Å². The molecular formula is C24H31N3O3. The van der Waals surface area contributed by atoms with Crippen LogP contribution in [0, 0.1) is 0 Å². The molecule has 1 N–H and O–H groups in total. The van der Waals surface area contributed by atoms with E-state index in [2.05, 4.69) is 29.3 Å². The second-order valence-electron chi connectivity index (χ2n) is 6.83. The highest BCUT2D eigenvalue weighted by Crippen LogP contribution is 2.27. The smallest absolute Gasteiger partial charge is 0.244 e. The van der Waals surface area contributed by atoms with Gasteiger partial charge < -0.3 is 14.6 Å². The van der Waals surface area contributed by atoms with Crippen molar-refractivity contribution in [3.05, 3.63) is 60.8 Å². The number of hydrogen-bond donors (Lipinski definition) is 1. The van der Waals surface area contributed by atoms with Gasteiger partial charge in [0.15, 0.2) is 11.5 Å². The summed E-state index contributed by atoms with van der Waals surface area (Å²) in [4.78, 5) is 0. The lowest BCUT2D eigenvalue weighted by Crippen LogP contribution is -2.15. The van der Waals surface area contributed by atoms with Crippen LogP contribution < -0.4 is 9.47 Å². The van der Waals surface area contributed by atoms with E-state index < -0.39 is 0 Å². The van der Waals surface area contributed by atoms with Crippen molar-refractivity contribution >= 4 is 0 Å². The van der Waals surface area contributed by atoms with Crippen LogP contribution in [0.15, 0.2) is 60.8 Å². The van der Waals surface area contributed by atoms with Crippen molar-refractivity contribution in [3.63, 3.8) is 0 Å². The Hall–Kier alpha value is -3.15. The van der Waals surface area contributed by atoms with Crippen molar-refractivity contribution in [3.8, 4) is 28.5 Å². The van der Waals surface area contributed by atoms with E-state index in [4.69, 9.17) is 9.47 Å². The molecule has 3 rings (SSSR count). The fourth-order valence-electron chi connectivity index (χ4n) is 2.93. The molecule has 0 saturated carbocycles. The third kappa shape index (κ3) is 7.35. The Labute approximate surface area is 178 Å². The zero-order chi connectivity index (χ0) is 21.6. The average molecular weight is 410 g/mol. The standard InChI is InChI=1S/C14H22O2.C10H9N3O/c1-3-5-6-9-12(4-2)16-14-11-8-7-10-13(14)15;1-14-10-9(7-11-13-12-10)8-5-3-2-4-6-8/h7-8,10-12,15H,3-6,9H2,1-2H3;2-7H,1H3. The number of aromatic nitrogens is 3. The third-order valence-corrected chi connectivity index (χ3v) is 4.63. The van der Waals surface area contributed by atoms with Crippen molar-refractivity contribution in [1.29, 1.82) is 0 Å². The van der Waals surface area contributed by atoms with Crippen LogP contribution in [0.1, 0.15) is 46.0 Å². The molecule has 1 unspecified atom stereocenters. The van der Waals surface area contributed by atoms with Crippen LogP contribution in [0.2, 0.25) is 0 Å². The molecule has 0 fully saturated rings. The molecular weight excluding hydrogens is 378 g/mol. The van der Waals surface area contributed by atoms with Gasteiger partial charge in [-0.15, -0.1) is 5.10 Å². The fraction of sp³-hybridized carbons (Fsp3) is 0.375. The Kier molecular flexibility index (Phi) is 10.1. The van der Waals surface area contributed by atoms with E-state index in [0.717, 1.165) is 24.0 Å². The first-order valence-electron chi connectivity index (χ1n) is 10.4. The highest BCUT2D eigenvalue weighted by molar-refractivity contribution is 5.66. The summed E-state index contributed by atoms with van der Waals surface area (Å²) in [6.07, 6.45) is 7.59. The molecule has 6 heteroatoms. The lowest BCUT2D eigenvalue weighted by atomic mass is 10.1. The average Bonchev–Trinajstić information content (AvgIpc) is 2.81. The number of benzene rings is 2. The van der Waals surface area contributed by atoms with Gasteiger partial charge in [-0.25, -0.2) is 0 Å². The summed E-state index contributed by atoms with van der Waals surface area (Å²) in [5.41, 5.74) is 1.87. The number of hydrogen-bond acceptors (Lipinski definition) is 6. The molecule has 1 atom stereocenters. The molecule has 0 aliphatic carbocycles. The summed E-state index contributed by atoms with van der Waals surface area (Å²) < 4.78 is 10.9. The van der Waals surface area contributed by atoms with E-state index in [1.54, 1.807) is 25.4 Å². The first kappa shape index (κ1) is 23.1. The lowest BCUT2D eigenvalue weighted by molar-refractivity contribution is 0.176. The molecule has 0 spiro atoms. The Morgan fingerprint density at radius 2 is 1.70 bits per heavy atom. The molecule has 6 nitrogen and oxygen atoms in total. The predicted octanol–water partition coefficient (Wildman–Crippen LogP) is 5.68. The Morgan fingerprint density at radius 3 is 2.37 bits per heavy atom. The number of nitrogens with zero attached hydrogens (tertiary/aromatic N) is 3. The number of rotatable bonds is 9. The summed E-state index contributed by atoms with van der Waals surface area (Å²) in [6, 6.07) is 17.0. The van der Waals surface area contributed by atoms with Gasteiger partial charge in [-0.3, -0.25) is 0 Å². The van der Waals surface area contributed by atoms with Gasteiger partial charge in [0.1, 0.15) is 0 Å². The van der Waals surface area contributed by atoms with Gasteiger partial charge in [-0.1, -0.05) is 74.3 Å². The quantitative estimate of drug-likeness (QED) is 0.458. The van der Waals surface area contributed by atoms with Gasteiger partial charge in [0.2, 0.25) is 5.88 Å². The topological polar surface area (TPSA) is 77.4 Å². The number of phenolic OH excluding ortho intramolecular Hbond substituents is 1. The molecule has 0 aliphatic heterocycles. The van der Waals surface area contributed by atoms with Crippen LogP contribution in [-0.2, 0) is 0 Å². The number of phenols is 1. The van der Waals surface area contributed by atoms with Crippen LogP contribution in [0.3, 0.4) is 0 Å². The molecule has 0 aliphatic rings. The van der Waals surface area contributed by atoms with Gasteiger partial charge in [-0.05, 0) is 42.2 Å². The molecule has 0 radical (unpaired) electrons. The summed E-state index contributed by atoms with van der Waals surface area (Å²) in [5.74, 6) is 1.33. The summed E-state index contributed by atoms with van der Waals surface area (Å²) >= 11 is 0. The largest absolute Gasteiger partial charge is 0.504 e. The molecule has 1 heterocycles. The van der Waals surface area contributed by atoms with Gasteiger partial charge >= 0.3 is 0 Å². The lowest BCUT2D eigenvalue weighted by Gasteiger charge is -2.18. The maximum Gasteiger partial charge on any atom is 0.244 e. The van der Waals surface area contributed by atoms with Crippen molar-refractivity contribution in [2.75, 3.05) is 7.11 Å². The molecule has 0 bridgehead atoms. The molecule has 0 amide bonds. The summed E-state index contributed by atoms with van der Waals surface area (Å²) in [5, 5.41) is 20.6. The van der Waals surface area contributed by atoms with E-state index in [9.17, 15) is 5.11 Å². The van der Waals surface area contributed by atoms with Crippen LogP contribution in [0.5, 0.6) is 17.4 Å². The second kappa shape index (κ2) is 13.1. The Morgan fingerprint density at radius 1 is 0.967 bits per heavy atom. The first-order valence-corrected chi connectivity index (χ1v) is 10.4. The number of unbranched alkanes of at least 4 members (excludes halogenated alkanes) is 2.